The molecule has 0 saturated heterocycles. The number of H-pyrrole nitrogens is 1. The predicted molar refractivity (Wildman–Crippen MR) is 78.8 cm³/mol. The molecule has 0 aliphatic heterocycles. The van der Waals surface area contributed by atoms with Gasteiger partial charge in [0.1, 0.15) is 10.5 Å². The summed E-state index contributed by atoms with van der Waals surface area (Å²) in [5.74, 6) is 0. The molecule has 0 spiro atoms. The topological polar surface area (TPSA) is 101 Å². The van der Waals surface area contributed by atoms with E-state index in [1.165, 1.54) is 6.20 Å². The zero-order valence-electron chi connectivity index (χ0n) is 11.7. The van der Waals surface area contributed by atoms with Crippen LogP contribution >= 0.6 is 0 Å². The van der Waals surface area contributed by atoms with Crippen LogP contribution in [0.2, 0.25) is 0 Å². The fourth-order valence-corrected chi connectivity index (χ4v) is 3.94. The van der Waals surface area contributed by atoms with Crippen LogP contribution in [0.1, 0.15) is 26.7 Å². The van der Waals surface area contributed by atoms with Crippen molar-refractivity contribution in [3.05, 3.63) is 24.5 Å². The fraction of sp³-hybridized carbons (Fsp3) is 0.462. The van der Waals surface area contributed by atoms with E-state index in [2.05, 4.69) is 14.7 Å². The highest BCUT2D eigenvalue weighted by molar-refractivity contribution is 7.89. The molecule has 0 amide bonds. The number of aromatic nitrogens is 2. The van der Waals surface area contributed by atoms with Crippen LogP contribution in [0.3, 0.4) is 0 Å². The highest BCUT2D eigenvalue weighted by atomic mass is 32.2. The number of hydrogen-bond acceptors (Lipinski definition) is 4. The highest BCUT2D eigenvalue weighted by Gasteiger charge is 2.32. The first-order chi connectivity index (χ1) is 9.48. The number of hydrogen-bond donors (Lipinski definition) is 3. The Balaban J connectivity index is 2.45. The third-order valence-electron chi connectivity index (χ3n) is 3.80. The second-order valence-corrected chi connectivity index (χ2v) is 6.50. The maximum absolute atomic E-state index is 12.6. The molecule has 0 aromatic carbocycles. The van der Waals surface area contributed by atoms with Crippen molar-refractivity contribution < 1.29 is 8.42 Å². The molecule has 0 radical (unpaired) electrons. The molecule has 0 bridgehead atoms. The summed E-state index contributed by atoms with van der Waals surface area (Å²) in [4.78, 5) is 7.18. The minimum absolute atomic E-state index is 0.209. The molecule has 0 unspecified atom stereocenters. The standard InChI is InChI=1S/C13H20N4O2S/c1-3-13(4-2,9-14)17-20(18,19)11-8-16-12-10(11)6-5-7-15-12/h5-8,17H,3-4,9,14H2,1-2H3,(H,15,16). The largest absolute Gasteiger partial charge is 0.345 e. The number of nitrogens with zero attached hydrogens (tertiary/aromatic N) is 1. The molecule has 7 heteroatoms. The van der Waals surface area contributed by atoms with Crippen molar-refractivity contribution in [3.8, 4) is 0 Å². The smallest absolute Gasteiger partial charge is 0.243 e. The zero-order valence-corrected chi connectivity index (χ0v) is 12.5. The summed E-state index contributed by atoms with van der Waals surface area (Å²) < 4.78 is 27.9. The molecule has 6 nitrogen and oxygen atoms in total. The molecule has 0 aliphatic carbocycles. The first-order valence-corrected chi connectivity index (χ1v) is 8.12. The third-order valence-corrected chi connectivity index (χ3v) is 5.42. The Morgan fingerprint density at radius 2 is 2.10 bits per heavy atom. The van der Waals surface area contributed by atoms with Gasteiger partial charge in [-0.05, 0) is 25.0 Å². The van der Waals surface area contributed by atoms with Crippen LogP contribution in [0.25, 0.3) is 11.0 Å². The minimum Gasteiger partial charge on any atom is -0.345 e. The van der Waals surface area contributed by atoms with Crippen molar-refractivity contribution in [1.29, 1.82) is 0 Å². The Morgan fingerprint density at radius 3 is 2.70 bits per heavy atom. The van der Waals surface area contributed by atoms with E-state index in [9.17, 15) is 8.42 Å². The second kappa shape index (κ2) is 5.51. The predicted octanol–water partition coefficient (Wildman–Crippen LogP) is 1.36. The molecule has 2 aromatic rings. The monoisotopic (exact) mass is 296 g/mol. The fourth-order valence-electron chi connectivity index (χ4n) is 2.22. The molecule has 2 rings (SSSR count). The van der Waals surface area contributed by atoms with Gasteiger partial charge in [0, 0.05) is 29.9 Å². The maximum Gasteiger partial charge on any atom is 0.243 e. The molecule has 0 aliphatic rings. The van der Waals surface area contributed by atoms with Gasteiger partial charge in [-0.25, -0.2) is 18.1 Å². The lowest BCUT2D eigenvalue weighted by Gasteiger charge is -2.30. The van der Waals surface area contributed by atoms with Gasteiger partial charge in [-0.15, -0.1) is 0 Å². The van der Waals surface area contributed by atoms with Gasteiger partial charge in [0.25, 0.3) is 0 Å². The second-order valence-electron chi connectivity index (χ2n) is 4.85. The number of fused-ring (bicyclic) bond motifs is 1. The molecule has 2 aromatic heterocycles. The van der Waals surface area contributed by atoms with E-state index in [4.69, 9.17) is 5.73 Å². The summed E-state index contributed by atoms with van der Waals surface area (Å²) in [6.45, 7) is 4.12. The van der Waals surface area contributed by atoms with Crippen LogP contribution in [-0.4, -0.2) is 30.5 Å². The van der Waals surface area contributed by atoms with Gasteiger partial charge in [0.05, 0.1) is 0 Å². The van der Waals surface area contributed by atoms with E-state index in [0.717, 1.165) is 0 Å². The SMILES string of the molecule is CCC(CC)(CN)NS(=O)(=O)c1c[nH]c2ncccc12. The third kappa shape index (κ3) is 2.56. The molecule has 20 heavy (non-hydrogen) atoms. The number of pyridine rings is 1. The van der Waals surface area contributed by atoms with Gasteiger partial charge in [-0.2, -0.15) is 0 Å². The van der Waals surface area contributed by atoms with Crippen molar-refractivity contribution in [2.75, 3.05) is 6.54 Å². The van der Waals surface area contributed by atoms with Gasteiger partial charge in [0.2, 0.25) is 10.0 Å². The van der Waals surface area contributed by atoms with E-state index < -0.39 is 15.6 Å². The summed E-state index contributed by atoms with van der Waals surface area (Å²) in [5.41, 5.74) is 5.70. The van der Waals surface area contributed by atoms with Gasteiger partial charge >= 0.3 is 0 Å². The quantitative estimate of drug-likeness (QED) is 0.749. The van der Waals surface area contributed by atoms with Crippen molar-refractivity contribution in [2.45, 2.75) is 37.1 Å². The van der Waals surface area contributed by atoms with Crippen molar-refractivity contribution in [3.63, 3.8) is 0 Å². The number of sulfonamides is 1. The van der Waals surface area contributed by atoms with Crippen molar-refractivity contribution in [2.24, 2.45) is 5.73 Å². The molecule has 0 fully saturated rings. The average Bonchev–Trinajstić information content (AvgIpc) is 2.90. The number of nitrogens with one attached hydrogen (secondary N) is 2. The van der Waals surface area contributed by atoms with Crippen LogP contribution < -0.4 is 10.5 Å². The van der Waals surface area contributed by atoms with Crippen LogP contribution in [0.4, 0.5) is 0 Å². The van der Waals surface area contributed by atoms with Gasteiger partial charge < -0.3 is 10.7 Å². The Hall–Kier alpha value is -1.44. The Labute approximate surface area is 118 Å². The van der Waals surface area contributed by atoms with E-state index >= 15 is 0 Å². The number of rotatable bonds is 6. The summed E-state index contributed by atoms with van der Waals surface area (Å²) in [7, 11) is -3.64. The highest BCUT2D eigenvalue weighted by Crippen LogP contribution is 2.24. The first kappa shape index (κ1) is 15.0. The van der Waals surface area contributed by atoms with Crippen molar-refractivity contribution in [1.82, 2.24) is 14.7 Å². The Kier molecular flexibility index (Phi) is 4.12. The summed E-state index contributed by atoms with van der Waals surface area (Å²) in [5, 5.41) is 0.582. The summed E-state index contributed by atoms with van der Waals surface area (Å²) in [6.07, 6.45) is 4.36. The molecular formula is C13H20N4O2S. The van der Waals surface area contributed by atoms with Gasteiger partial charge in [0.15, 0.2) is 0 Å². The van der Waals surface area contributed by atoms with Crippen LogP contribution in [0, 0.1) is 0 Å². The number of nitrogens with two attached hydrogens (primary N) is 1. The lowest BCUT2D eigenvalue weighted by Crippen LogP contribution is -2.52. The Morgan fingerprint density at radius 1 is 1.40 bits per heavy atom. The van der Waals surface area contributed by atoms with Crippen LogP contribution in [0.5, 0.6) is 0 Å². The van der Waals surface area contributed by atoms with Gasteiger partial charge in [-0.3, -0.25) is 0 Å². The van der Waals surface area contributed by atoms with E-state index in [1.54, 1.807) is 18.3 Å². The van der Waals surface area contributed by atoms with E-state index in [1.807, 2.05) is 13.8 Å². The minimum atomic E-state index is -3.64. The van der Waals surface area contributed by atoms with E-state index in [0.29, 0.717) is 23.9 Å². The summed E-state index contributed by atoms with van der Waals surface area (Å²) in [6, 6.07) is 3.44. The lowest BCUT2D eigenvalue weighted by atomic mass is 9.95. The lowest BCUT2D eigenvalue weighted by molar-refractivity contribution is 0.363. The van der Waals surface area contributed by atoms with Crippen LogP contribution in [-0.2, 0) is 10.0 Å². The Bertz CT molecular complexity index is 681. The van der Waals surface area contributed by atoms with E-state index in [-0.39, 0.29) is 11.4 Å². The summed E-state index contributed by atoms with van der Waals surface area (Å²) >= 11 is 0. The number of aromatic amines is 1. The molecular weight excluding hydrogens is 276 g/mol. The molecule has 110 valence electrons. The van der Waals surface area contributed by atoms with Gasteiger partial charge in [-0.1, -0.05) is 13.8 Å². The first-order valence-electron chi connectivity index (χ1n) is 6.64. The normalized spacial score (nSPS) is 12.9. The van der Waals surface area contributed by atoms with Crippen molar-refractivity contribution >= 4 is 21.1 Å². The molecule has 4 N–H and O–H groups in total. The average molecular weight is 296 g/mol. The molecule has 2 heterocycles. The maximum atomic E-state index is 12.6. The molecule has 0 atom stereocenters. The van der Waals surface area contributed by atoms with Crippen LogP contribution in [0.15, 0.2) is 29.4 Å². The zero-order chi connectivity index (χ0) is 14.8. The molecule has 0 saturated carbocycles.